The summed E-state index contributed by atoms with van der Waals surface area (Å²) in [5.41, 5.74) is 0. The second kappa shape index (κ2) is 9.27. The van der Waals surface area contributed by atoms with Gasteiger partial charge in [-0.2, -0.15) is 0 Å². The quantitative estimate of drug-likeness (QED) is 0.429. The molecule has 0 amide bonds. The Kier molecular flexibility index (Phi) is 10.8. The van der Waals surface area contributed by atoms with Gasteiger partial charge in [-0.1, -0.05) is 25.8 Å². The van der Waals surface area contributed by atoms with E-state index in [-0.39, 0.29) is 11.5 Å². The second-order valence-corrected chi connectivity index (χ2v) is 8.66. The van der Waals surface area contributed by atoms with Crippen molar-refractivity contribution in [3.05, 3.63) is 12.7 Å². The van der Waals surface area contributed by atoms with Gasteiger partial charge in [-0.25, -0.2) is 16.8 Å². The Hall–Kier alpha value is 0.220. The zero-order chi connectivity index (χ0) is 13.2. The third-order valence-corrected chi connectivity index (χ3v) is 3.56. The molecule has 0 aromatic heterocycles. The molecule has 0 aliphatic rings. The van der Waals surface area contributed by atoms with Crippen LogP contribution < -0.4 is 0 Å². The fourth-order valence-corrected chi connectivity index (χ4v) is 2.09. The first kappa shape index (κ1) is 18.6. The minimum absolute atomic E-state index is 0.113. The van der Waals surface area contributed by atoms with E-state index in [1.165, 1.54) is 6.08 Å². The van der Waals surface area contributed by atoms with Crippen LogP contribution >= 0.6 is 21.4 Å². The van der Waals surface area contributed by atoms with E-state index < -0.39 is 18.1 Å². The molecule has 0 unspecified atom stereocenters. The Balaban J connectivity index is 0. The van der Waals surface area contributed by atoms with Crippen molar-refractivity contribution in [2.45, 2.75) is 26.2 Å². The SMILES string of the molecule is C=CCS(=O)(=O)Cl.CCCCCS(=O)(=O)Cl. The number of halogens is 2. The minimum atomic E-state index is -3.32. The Morgan fingerprint density at radius 1 is 1.06 bits per heavy atom. The number of rotatable bonds is 6. The molecule has 0 fully saturated rings. The molecule has 16 heavy (non-hydrogen) atoms. The van der Waals surface area contributed by atoms with Gasteiger partial charge in [-0.15, -0.1) is 6.58 Å². The highest BCUT2D eigenvalue weighted by molar-refractivity contribution is 8.14. The summed E-state index contributed by atoms with van der Waals surface area (Å²) < 4.78 is 40.4. The Morgan fingerprint density at radius 2 is 1.56 bits per heavy atom. The molecule has 0 N–H and O–H groups in total. The van der Waals surface area contributed by atoms with Gasteiger partial charge in [-0.3, -0.25) is 0 Å². The Morgan fingerprint density at radius 3 is 1.75 bits per heavy atom. The van der Waals surface area contributed by atoms with Gasteiger partial charge in [0.1, 0.15) is 0 Å². The second-order valence-electron chi connectivity index (χ2n) is 2.94. The fraction of sp³-hybridized carbons (Fsp3) is 0.750. The maximum atomic E-state index is 10.3. The molecule has 0 saturated heterocycles. The third-order valence-electron chi connectivity index (χ3n) is 1.31. The zero-order valence-corrected chi connectivity index (χ0v) is 12.2. The minimum Gasteiger partial charge on any atom is -0.212 e. The average molecular weight is 311 g/mol. The van der Waals surface area contributed by atoms with Crippen LogP contribution in [0.2, 0.25) is 0 Å². The van der Waals surface area contributed by atoms with E-state index in [0.29, 0.717) is 6.42 Å². The van der Waals surface area contributed by atoms with Crippen molar-refractivity contribution in [1.29, 1.82) is 0 Å². The molecule has 0 atom stereocenters. The molecule has 0 saturated carbocycles. The van der Waals surface area contributed by atoms with Crippen LogP contribution in [0.15, 0.2) is 12.7 Å². The molecule has 0 rings (SSSR count). The predicted octanol–water partition coefficient (Wildman–Crippen LogP) is 2.49. The molecule has 98 valence electrons. The first-order valence-electron chi connectivity index (χ1n) is 4.58. The lowest BCUT2D eigenvalue weighted by molar-refractivity contribution is 0.604. The summed E-state index contributed by atoms with van der Waals surface area (Å²) in [7, 11) is 3.13. The topological polar surface area (TPSA) is 68.3 Å². The van der Waals surface area contributed by atoms with E-state index in [2.05, 4.69) is 6.58 Å². The summed E-state index contributed by atoms with van der Waals surface area (Å²) in [6.45, 7) is 5.20. The van der Waals surface area contributed by atoms with Crippen molar-refractivity contribution in [2.75, 3.05) is 11.5 Å². The molecule has 0 aromatic carbocycles. The van der Waals surface area contributed by atoms with E-state index in [9.17, 15) is 16.8 Å². The maximum absolute atomic E-state index is 10.3. The van der Waals surface area contributed by atoms with Crippen LogP contribution in [0.3, 0.4) is 0 Å². The van der Waals surface area contributed by atoms with Crippen LogP contribution in [0.25, 0.3) is 0 Å². The molecular weight excluding hydrogens is 295 g/mol. The van der Waals surface area contributed by atoms with Crippen molar-refractivity contribution in [2.24, 2.45) is 0 Å². The van der Waals surface area contributed by atoms with Crippen LogP contribution in [0.1, 0.15) is 26.2 Å². The lowest BCUT2D eigenvalue weighted by Gasteiger charge is -1.92. The summed E-state index contributed by atoms with van der Waals surface area (Å²) in [6, 6.07) is 0. The van der Waals surface area contributed by atoms with Gasteiger partial charge >= 0.3 is 0 Å². The Bertz CT molecular complexity index is 373. The van der Waals surface area contributed by atoms with Gasteiger partial charge in [0, 0.05) is 21.4 Å². The summed E-state index contributed by atoms with van der Waals surface area (Å²) >= 11 is 0. The van der Waals surface area contributed by atoms with Crippen molar-refractivity contribution < 1.29 is 16.8 Å². The van der Waals surface area contributed by atoms with Gasteiger partial charge < -0.3 is 0 Å². The molecule has 0 aliphatic heterocycles. The molecule has 0 spiro atoms. The van der Waals surface area contributed by atoms with Gasteiger partial charge in [-0.05, 0) is 6.42 Å². The highest BCUT2D eigenvalue weighted by Gasteiger charge is 2.02. The van der Waals surface area contributed by atoms with Crippen molar-refractivity contribution >= 4 is 39.5 Å². The lowest BCUT2D eigenvalue weighted by atomic mass is 10.3. The lowest BCUT2D eigenvalue weighted by Crippen LogP contribution is -1.95. The fourth-order valence-electron chi connectivity index (χ4n) is 0.665. The molecule has 0 aliphatic carbocycles. The van der Waals surface area contributed by atoms with Crippen LogP contribution in [0, 0.1) is 0 Å². The first-order valence-corrected chi connectivity index (χ1v) is 9.53. The van der Waals surface area contributed by atoms with E-state index in [0.717, 1.165) is 12.8 Å². The maximum Gasteiger partial charge on any atom is 0.236 e. The third kappa shape index (κ3) is 23.8. The zero-order valence-electron chi connectivity index (χ0n) is 9.03. The first-order chi connectivity index (χ1) is 7.12. The molecule has 0 heterocycles. The number of unbranched alkanes of at least 4 members (excludes halogenated alkanes) is 2. The van der Waals surface area contributed by atoms with E-state index in [4.69, 9.17) is 21.4 Å². The monoisotopic (exact) mass is 310 g/mol. The average Bonchev–Trinajstić information content (AvgIpc) is 2.01. The van der Waals surface area contributed by atoms with Gasteiger partial charge in [0.25, 0.3) is 0 Å². The van der Waals surface area contributed by atoms with Crippen LogP contribution in [0.5, 0.6) is 0 Å². The van der Waals surface area contributed by atoms with Crippen molar-refractivity contribution in [3.63, 3.8) is 0 Å². The largest absolute Gasteiger partial charge is 0.236 e. The number of hydrogen-bond acceptors (Lipinski definition) is 4. The molecular formula is C8H16Cl2O4S2. The van der Waals surface area contributed by atoms with Crippen LogP contribution in [-0.4, -0.2) is 28.3 Å². The summed E-state index contributed by atoms with van der Waals surface area (Å²) in [6.07, 6.45) is 3.88. The van der Waals surface area contributed by atoms with Crippen LogP contribution in [-0.2, 0) is 18.1 Å². The standard InChI is InChI=1S/C5H11ClO2S.C3H5ClO2S/c1-2-3-4-5-9(6,7)8;1-2-3-7(4,5)6/h2-5H2,1H3;2H,1,3H2. The normalized spacial score (nSPS) is 11.4. The van der Waals surface area contributed by atoms with Gasteiger partial charge in [0.15, 0.2) is 0 Å². The molecule has 0 aromatic rings. The molecule has 4 nitrogen and oxygen atoms in total. The van der Waals surface area contributed by atoms with E-state index in [1.54, 1.807) is 0 Å². The van der Waals surface area contributed by atoms with Crippen molar-refractivity contribution in [3.8, 4) is 0 Å². The van der Waals surface area contributed by atoms with E-state index >= 15 is 0 Å². The molecule has 8 heteroatoms. The highest BCUT2D eigenvalue weighted by atomic mass is 35.7. The molecule has 0 radical (unpaired) electrons. The van der Waals surface area contributed by atoms with Crippen LogP contribution in [0.4, 0.5) is 0 Å². The van der Waals surface area contributed by atoms with Gasteiger partial charge in [0.2, 0.25) is 18.1 Å². The number of hydrogen-bond donors (Lipinski definition) is 0. The van der Waals surface area contributed by atoms with Crippen molar-refractivity contribution in [1.82, 2.24) is 0 Å². The van der Waals surface area contributed by atoms with Gasteiger partial charge in [0.05, 0.1) is 11.5 Å². The summed E-state index contributed by atoms with van der Waals surface area (Å²) in [4.78, 5) is 0. The predicted molar refractivity (Wildman–Crippen MR) is 69.0 cm³/mol. The van der Waals surface area contributed by atoms with E-state index in [1.807, 2.05) is 6.92 Å². The Labute approximate surface area is 106 Å². The highest BCUT2D eigenvalue weighted by Crippen LogP contribution is 2.02. The smallest absolute Gasteiger partial charge is 0.212 e. The summed E-state index contributed by atoms with van der Waals surface area (Å²) in [5.74, 6) is -0.0447. The molecule has 0 bridgehead atoms. The summed E-state index contributed by atoms with van der Waals surface area (Å²) in [5, 5.41) is 0.